The summed E-state index contributed by atoms with van der Waals surface area (Å²) in [6.07, 6.45) is 0. The van der Waals surface area contributed by atoms with Crippen molar-refractivity contribution in [3.63, 3.8) is 0 Å². The molecule has 0 spiro atoms. The van der Waals surface area contributed by atoms with Crippen molar-refractivity contribution in [2.45, 2.75) is 0 Å². The van der Waals surface area contributed by atoms with Crippen LogP contribution in [0, 0.1) is 0 Å². The molecule has 0 fully saturated rings. The van der Waals surface area contributed by atoms with Crippen LogP contribution in [0.25, 0.3) is 0 Å². The minimum absolute atomic E-state index is 0. The smallest absolute Gasteiger partial charge is 0 e. The van der Waals surface area contributed by atoms with Crippen molar-refractivity contribution >= 4 is 27.3 Å². The molecule has 0 unspecified atom stereocenters. The van der Waals surface area contributed by atoms with E-state index in [1.165, 1.54) is 0 Å². The van der Waals surface area contributed by atoms with Gasteiger partial charge in [0.25, 0.3) is 0 Å². The summed E-state index contributed by atoms with van der Waals surface area (Å²) >= 11 is 0. The van der Waals surface area contributed by atoms with Crippen LogP contribution in [-0.2, 0) is 0 Å². The van der Waals surface area contributed by atoms with Crippen LogP contribution in [0.1, 0.15) is 0 Å². The standard InChI is InChI=1S/3H2O.Tl/h3*1H2;. The predicted molar refractivity (Wildman–Crippen MR) is 16.6 cm³/mol. The van der Waals surface area contributed by atoms with Gasteiger partial charge >= 0.3 is 0 Å². The molecule has 0 atom stereocenters. The fraction of sp³-hybridized carbons (Fsp3) is 0. The van der Waals surface area contributed by atoms with Gasteiger partial charge in [-0.3, -0.25) is 0 Å². The van der Waals surface area contributed by atoms with E-state index in [4.69, 9.17) is 0 Å². The molecule has 0 aromatic heterocycles. The first-order valence-corrected chi connectivity index (χ1v) is 0. The quantitative estimate of drug-likeness (QED) is 0.418. The van der Waals surface area contributed by atoms with E-state index in [-0.39, 0.29) is 43.7 Å². The predicted octanol–water partition coefficient (Wildman–Crippen LogP) is -2.85. The number of rotatable bonds is 0. The fourth-order valence-corrected chi connectivity index (χ4v) is 0. The zero-order valence-corrected chi connectivity index (χ0v) is 6.57. The van der Waals surface area contributed by atoms with Gasteiger partial charge in [-0.05, 0) is 0 Å². The van der Waals surface area contributed by atoms with E-state index < -0.39 is 0 Å². The van der Waals surface area contributed by atoms with Crippen molar-refractivity contribution in [2.24, 2.45) is 0 Å². The summed E-state index contributed by atoms with van der Waals surface area (Å²) in [6, 6.07) is 0. The third kappa shape index (κ3) is 14.1. The van der Waals surface area contributed by atoms with Gasteiger partial charge < -0.3 is 16.4 Å². The van der Waals surface area contributed by atoms with Crippen molar-refractivity contribution in [2.75, 3.05) is 0 Å². The molecule has 0 aromatic rings. The van der Waals surface area contributed by atoms with Crippen molar-refractivity contribution < 1.29 is 16.4 Å². The average molecular weight is 258 g/mol. The second-order valence-electron chi connectivity index (χ2n) is 0. The van der Waals surface area contributed by atoms with Crippen LogP contribution in [0.4, 0.5) is 0 Å². The summed E-state index contributed by atoms with van der Waals surface area (Å²) in [5, 5.41) is 0. The Balaban J connectivity index is 0. The second-order valence-corrected chi connectivity index (χ2v) is 0. The molecule has 3 nitrogen and oxygen atoms in total. The Labute approximate surface area is 44.1 Å². The third-order valence-corrected chi connectivity index (χ3v) is 0. The summed E-state index contributed by atoms with van der Waals surface area (Å²) in [5.74, 6) is 0. The van der Waals surface area contributed by atoms with Crippen molar-refractivity contribution in [1.82, 2.24) is 0 Å². The Morgan fingerprint density at radius 2 is 0.500 bits per heavy atom. The molecule has 0 saturated heterocycles. The van der Waals surface area contributed by atoms with Gasteiger partial charge in [0, 0.05) is 27.3 Å². The Hall–Kier alpha value is 0.802. The SMILES string of the molecule is O.O.O.[Tl]. The first kappa shape index (κ1) is 108. The molecule has 4 heteroatoms. The largest absolute Gasteiger partial charge is 0.412 e. The van der Waals surface area contributed by atoms with Crippen LogP contribution >= 0.6 is 0 Å². The third-order valence-electron chi connectivity index (χ3n) is 0. The zero-order chi connectivity index (χ0) is 0. The van der Waals surface area contributed by atoms with Crippen molar-refractivity contribution in [1.29, 1.82) is 0 Å². The van der Waals surface area contributed by atoms with Crippen LogP contribution in [0.3, 0.4) is 0 Å². The van der Waals surface area contributed by atoms with Gasteiger partial charge in [-0.2, -0.15) is 0 Å². The molecule has 27 valence electrons. The monoisotopic (exact) mass is 259 g/mol. The molecular formula is H6O3Tl. The molecule has 4 heavy (non-hydrogen) atoms. The summed E-state index contributed by atoms with van der Waals surface area (Å²) in [4.78, 5) is 0. The van der Waals surface area contributed by atoms with E-state index in [1.807, 2.05) is 0 Å². The van der Waals surface area contributed by atoms with E-state index in [9.17, 15) is 0 Å². The van der Waals surface area contributed by atoms with Crippen LogP contribution in [0.2, 0.25) is 0 Å². The molecular weight excluding hydrogens is 252 g/mol. The van der Waals surface area contributed by atoms with Gasteiger partial charge in [-0.25, -0.2) is 0 Å². The van der Waals surface area contributed by atoms with E-state index in [0.717, 1.165) is 0 Å². The van der Waals surface area contributed by atoms with Crippen LogP contribution in [0.5, 0.6) is 0 Å². The maximum absolute atomic E-state index is 0. The molecule has 0 aliphatic rings. The van der Waals surface area contributed by atoms with Crippen molar-refractivity contribution in [3.8, 4) is 0 Å². The number of hydrogen-bond acceptors (Lipinski definition) is 0. The molecule has 0 amide bonds. The van der Waals surface area contributed by atoms with Gasteiger partial charge in [0.05, 0.1) is 0 Å². The molecule has 0 bridgehead atoms. The van der Waals surface area contributed by atoms with Crippen LogP contribution in [0.15, 0.2) is 0 Å². The Morgan fingerprint density at radius 1 is 0.500 bits per heavy atom. The first-order chi connectivity index (χ1) is 0. The molecule has 0 aromatic carbocycles. The molecule has 0 saturated carbocycles. The second kappa shape index (κ2) is 46.4. The van der Waals surface area contributed by atoms with E-state index in [1.54, 1.807) is 0 Å². The fourth-order valence-electron chi connectivity index (χ4n) is 0. The molecule has 1 radical (unpaired) electrons. The van der Waals surface area contributed by atoms with Gasteiger partial charge in [0.2, 0.25) is 0 Å². The Morgan fingerprint density at radius 3 is 0.500 bits per heavy atom. The summed E-state index contributed by atoms with van der Waals surface area (Å²) in [6.45, 7) is 0. The maximum atomic E-state index is 0. The Bertz CT molecular complexity index is 3.25. The van der Waals surface area contributed by atoms with E-state index >= 15 is 0 Å². The maximum Gasteiger partial charge on any atom is 0 e. The van der Waals surface area contributed by atoms with E-state index in [2.05, 4.69) is 0 Å². The topological polar surface area (TPSA) is 94.5 Å². The van der Waals surface area contributed by atoms with Gasteiger partial charge in [-0.15, -0.1) is 0 Å². The van der Waals surface area contributed by atoms with Gasteiger partial charge in [-0.1, -0.05) is 0 Å². The van der Waals surface area contributed by atoms with Gasteiger partial charge in [0.15, 0.2) is 0 Å². The van der Waals surface area contributed by atoms with Gasteiger partial charge in [0.1, 0.15) is 0 Å². The summed E-state index contributed by atoms with van der Waals surface area (Å²) in [7, 11) is 0. The molecule has 0 aliphatic heterocycles. The summed E-state index contributed by atoms with van der Waals surface area (Å²) in [5.41, 5.74) is 0. The molecule has 0 rings (SSSR count). The van der Waals surface area contributed by atoms with E-state index in [0.29, 0.717) is 0 Å². The molecule has 0 heterocycles. The molecule has 6 N–H and O–H groups in total. The molecule has 0 aliphatic carbocycles. The minimum atomic E-state index is 0. The minimum Gasteiger partial charge on any atom is -0.412 e. The first-order valence-electron chi connectivity index (χ1n) is 0. The van der Waals surface area contributed by atoms with Crippen molar-refractivity contribution in [3.05, 3.63) is 0 Å². The normalized spacial score (nSPS) is 0. The number of hydrogen-bond donors (Lipinski definition) is 0. The summed E-state index contributed by atoms with van der Waals surface area (Å²) < 4.78 is 0. The van der Waals surface area contributed by atoms with Crippen LogP contribution in [-0.4, -0.2) is 43.7 Å². The van der Waals surface area contributed by atoms with Crippen LogP contribution < -0.4 is 0 Å². The average Bonchev–Trinajstić information content (AvgIpc) is 0. The Kier molecular flexibility index (Phi) is 1250. The zero-order valence-electron chi connectivity index (χ0n) is 2.08.